The maximum atomic E-state index is 11.2. The molecule has 2 aromatic heterocycles. The molecule has 0 saturated heterocycles. The second-order valence-electron chi connectivity index (χ2n) is 4.87. The van der Waals surface area contributed by atoms with E-state index in [2.05, 4.69) is 10.3 Å². The normalized spacial score (nSPS) is 12.5. The summed E-state index contributed by atoms with van der Waals surface area (Å²) in [6.45, 7) is 2.13. The zero-order valence-electron chi connectivity index (χ0n) is 11.8. The minimum atomic E-state index is -0.511. The molecule has 0 aliphatic rings. The second-order valence-corrected chi connectivity index (χ2v) is 5.74. The van der Waals surface area contributed by atoms with Gasteiger partial charge in [0.15, 0.2) is 0 Å². The molecule has 0 unspecified atom stereocenters. The van der Waals surface area contributed by atoms with Crippen molar-refractivity contribution in [2.24, 2.45) is 0 Å². The molecule has 0 saturated carbocycles. The van der Waals surface area contributed by atoms with Crippen molar-refractivity contribution < 1.29 is 10.0 Å². The highest BCUT2D eigenvalue weighted by atomic mass is 32.1. The van der Waals surface area contributed by atoms with Crippen molar-refractivity contribution in [2.75, 3.05) is 5.32 Å². The molecule has 22 heavy (non-hydrogen) atoms. The predicted octanol–water partition coefficient (Wildman–Crippen LogP) is 2.97. The molecule has 1 atom stereocenters. The molecule has 7 nitrogen and oxygen atoms in total. The predicted molar refractivity (Wildman–Crippen MR) is 84.1 cm³/mol. The number of nitrogens with one attached hydrogen (secondary N) is 1. The molecule has 3 aromatic rings. The summed E-state index contributed by atoms with van der Waals surface area (Å²) < 4.78 is 1.46. The number of hydrogen-bond donors (Lipinski definition) is 2. The van der Waals surface area contributed by atoms with Gasteiger partial charge in [0.2, 0.25) is 5.82 Å². The first-order valence-electron chi connectivity index (χ1n) is 6.67. The summed E-state index contributed by atoms with van der Waals surface area (Å²) >= 11 is 1.35. The number of nitrogens with zero attached hydrogens (tertiary/aromatic N) is 3. The molecule has 2 N–H and O–H groups in total. The average Bonchev–Trinajstić information content (AvgIpc) is 3.05. The van der Waals surface area contributed by atoms with Gasteiger partial charge in [0.05, 0.1) is 6.10 Å². The molecule has 1 aromatic carbocycles. The molecular weight excluding hydrogens is 304 g/mol. The average molecular weight is 318 g/mol. The van der Waals surface area contributed by atoms with Gasteiger partial charge in [0.1, 0.15) is 6.20 Å². The van der Waals surface area contributed by atoms with E-state index < -0.39 is 11.0 Å². The highest BCUT2D eigenvalue weighted by Gasteiger charge is 2.23. The Hall–Kier alpha value is -2.45. The zero-order valence-corrected chi connectivity index (χ0v) is 12.6. The van der Waals surface area contributed by atoms with Gasteiger partial charge >= 0.3 is 5.82 Å². The van der Waals surface area contributed by atoms with Crippen molar-refractivity contribution in [1.29, 1.82) is 0 Å². The molecule has 0 aliphatic carbocycles. The van der Waals surface area contributed by atoms with Crippen LogP contribution in [0.2, 0.25) is 0 Å². The van der Waals surface area contributed by atoms with Crippen LogP contribution in [0.1, 0.15) is 24.2 Å². The molecule has 0 aliphatic heterocycles. The third-order valence-electron chi connectivity index (χ3n) is 3.33. The Morgan fingerprint density at radius 3 is 2.82 bits per heavy atom. The first kappa shape index (κ1) is 14.5. The smallest absolute Gasteiger partial charge is 0.372 e. The monoisotopic (exact) mass is 318 g/mol. The van der Waals surface area contributed by atoms with Crippen molar-refractivity contribution >= 4 is 27.9 Å². The van der Waals surface area contributed by atoms with Crippen LogP contribution < -0.4 is 5.32 Å². The van der Waals surface area contributed by atoms with Gasteiger partial charge < -0.3 is 20.5 Å². The van der Waals surface area contributed by atoms with E-state index in [0.29, 0.717) is 11.5 Å². The van der Waals surface area contributed by atoms with E-state index in [9.17, 15) is 15.2 Å². The lowest BCUT2D eigenvalue weighted by Gasteiger charge is -2.07. The van der Waals surface area contributed by atoms with Gasteiger partial charge in [-0.05, 0) is 23.0 Å². The molecule has 114 valence electrons. The van der Waals surface area contributed by atoms with Crippen LogP contribution >= 0.6 is 11.3 Å². The summed E-state index contributed by atoms with van der Waals surface area (Å²) in [5.41, 5.74) is 1.78. The number of imidazole rings is 1. The summed E-state index contributed by atoms with van der Waals surface area (Å²) in [5.74, 6) is 0.202. The van der Waals surface area contributed by atoms with E-state index in [1.165, 1.54) is 15.7 Å². The molecule has 0 fully saturated rings. The molecular formula is C14H14N4O3S. The van der Waals surface area contributed by atoms with Gasteiger partial charge in [-0.1, -0.05) is 35.6 Å². The minimum Gasteiger partial charge on any atom is -0.389 e. The third kappa shape index (κ3) is 2.66. The van der Waals surface area contributed by atoms with Crippen molar-refractivity contribution in [1.82, 2.24) is 9.38 Å². The van der Waals surface area contributed by atoms with Crippen molar-refractivity contribution in [2.45, 2.75) is 19.6 Å². The van der Waals surface area contributed by atoms with Gasteiger partial charge in [0, 0.05) is 11.9 Å². The number of benzene rings is 1. The number of aliphatic hydroxyl groups excluding tert-OH is 1. The number of anilines is 1. The number of nitro groups is 1. The SMILES string of the molecule is C[C@H](O)c1ccc(CNc2nc3sccn3c2[N+](=O)[O-])cc1. The third-order valence-corrected chi connectivity index (χ3v) is 4.09. The van der Waals surface area contributed by atoms with E-state index in [1.807, 2.05) is 24.3 Å². The number of aromatic nitrogens is 2. The zero-order chi connectivity index (χ0) is 15.7. The van der Waals surface area contributed by atoms with Gasteiger partial charge in [-0.15, -0.1) is 0 Å². The molecule has 3 rings (SSSR count). The van der Waals surface area contributed by atoms with Gasteiger partial charge in [-0.3, -0.25) is 0 Å². The molecule has 0 amide bonds. The summed E-state index contributed by atoms with van der Waals surface area (Å²) in [4.78, 5) is 15.6. The fourth-order valence-electron chi connectivity index (χ4n) is 2.17. The number of thiazole rings is 1. The molecule has 2 heterocycles. The number of fused-ring (bicyclic) bond motifs is 1. The molecule has 0 spiro atoms. The summed E-state index contributed by atoms with van der Waals surface area (Å²) in [6.07, 6.45) is 1.12. The Balaban J connectivity index is 1.80. The maximum Gasteiger partial charge on any atom is 0.372 e. The fourth-order valence-corrected chi connectivity index (χ4v) is 2.88. The van der Waals surface area contributed by atoms with Crippen LogP contribution in [0, 0.1) is 10.1 Å². The Kier molecular flexibility index (Phi) is 3.78. The Morgan fingerprint density at radius 2 is 2.18 bits per heavy atom. The largest absolute Gasteiger partial charge is 0.389 e. The topological polar surface area (TPSA) is 92.7 Å². The molecule has 8 heteroatoms. The first-order chi connectivity index (χ1) is 10.6. The van der Waals surface area contributed by atoms with Crippen LogP contribution in [-0.2, 0) is 6.54 Å². The van der Waals surface area contributed by atoms with E-state index >= 15 is 0 Å². The molecule has 0 radical (unpaired) electrons. The van der Waals surface area contributed by atoms with Gasteiger partial charge in [-0.2, -0.15) is 9.38 Å². The van der Waals surface area contributed by atoms with Crippen LogP contribution in [-0.4, -0.2) is 19.4 Å². The second kappa shape index (κ2) is 5.74. The number of aliphatic hydroxyl groups is 1. The van der Waals surface area contributed by atoms with Gasteiger partial charge in [0.25, 0.3) is 4.96 Å². The Morgan fingerprint density at radius 1 is 1.45 bits per heavy atom. The van der Waals surface area contributed by atoms with E-state index in [4.69, 9.17) is 0 Å². The van der Waals surface area contributed by atoms with Gasteiger partial charge in [-0.25, -0.2) is 0 Å². The van der Waals surface area contributed by atoms with E-state index in [0.717, 1.165) is 11.1 Å². The van der Waals surface area contributed by atoms with Crippen LogP contribution in [0.25, 0.3) is 4.96 Å². The highest BCUT2D eigenvalue weighted by Crippen LogP contribution is 2.28. The van der Waals surface area contributed by atoms with Crippen LogP contribution in [0.5, 0.6) is 0 Å². The van der Waals surface area contributed by atoms with Crippen LogP contribution in [0.15, 0.2) is 35.8 Å². The summed E-state index contributed by atoms with van der Waals surface area (Å²) in [5, 5.41) is 25.4. The first-order valence-corrected chi connectivity index (χ1v) is 7.55. The number of rotatable bonds is 5. The maximum absolute atomic E-state index is 11.2. The van der Waals surface area contributed by atoms with E-state index in [-0.39, 0.29) is 11.6 Å². The van der Waals surface area contributed by atoms with Crippen LogP contribution in [0.3, 0.4) is 0 Å². The number of hydrogen-bond acceptors (Lipinski definition) is 6. The lowest BCUT2D eigenvalue weighted by Crippen LogP contribution is -2.03. The summed E-state index contributed by atoms with van der Waals surface area (Å²) in [7, 11) is 0. The summed E-state index contributed by atoms with van der Waals surface area (Å²) in [6, 6.07) is 7.42. The Bertz CT molecular complexity index is 807. The Labute approximate surface area is 130 Å². The quantitative estimate of drug-likeness (QED) is 0.557. The highest BCUT2D eigenvalue weighted by molar-refractivity contribution is 7.15. The molecule has 0 bridgehead atoms. The van der Waals surface area contributed by atoms with Crippen molar-refractivity contribution in [3.05, 3.63) is 57.1 Å². The standard InChI is InChI=1S/C14H14N4O3S/c1-9(19)11-4-2-10(3-5-11)8-15-12-13(18(20)21)17-6-7-22-14(17)16-12/h2-7,9,15,19H,8H2,1H3/t9-/m0/s1. The van der Waals surface area contributed by atoms with Crippen LogP contribution in [0.4, 0.5) is 11.6 Å². The van der Waals surface area contributed by atoms with Crippen molar-refractivity contribution in [3.8, 4) is 0 Å². The van der Waals surface area contributed by atoms with Crippen molar-refractivity contribution in [3.63, 3.8) is 0 Å². The van der Waals surface area contributed by atoms with E-state index in [1.54, 1.807) is 18.5 Å². The lowest BCUT2D eigenvalue weighted by molar-refractivity contribution is -0.389. The fraction of sp³-hybridized carbons (Fsp3) is 0.214. The lowest BCUT2D eigenvalue weighted by atomic mass is 10.1. The minimum absolute atomic E-state index is 0.0585.